The van der Waals surface area contributed by atoms with Crippen LogP contribution in [0.25, 0.3) is 11.1 Å². The molecule has 23 heavy (non-hydrogen) atoms. The first-order chi connectivity index (χ1) is 11.3. The Morgan fingerprint density at radius 1 is 1.13 bits per heavy atom. The zero-order valence-electron chi connectivity index (χ0n) is 13.2. The maximum Gasteiger partial charge on any atom is 0.0438 e. The molecule has 2 aromatic rings. The SMILES string of the molecule is Clc1cccc(-c2cc3c4c(c2)[C@@H]2CNCC[C@@H]2N4CCC3)c1. The van der Waals surface area contributed by atoms with Gasteiger partial charge in [-0.25, -0.2) is 0 Å². The fraction of sp³-hybridized carbons (Fsp3) is 0.400. The Labute approximate surface area is 142 Å². The van der Waals surface area contributed by atoms with Gasteiger partial charge in [-0.15, -0.1) is 0 Å². The lowest BCUT2D eigenvalue weighted by molar-refractivity contribution is 0.400. The minimum Gasteiger partial charge on any atom is -0.367 e. The number of hydrogen-bond acceptors (Lipinski definition) is 2. The molecule has 0 radical (unpaired) electrons. The van der Waals surface area contributed by atoms with Gasteiger partial charge in [0.25, 0.3) is 0 Å². The molecule has 5 rings (SSSR count). The molecule has 1 N–H and O–H groups in total. The van der Waals surface area contributed by atoms with Gasteiger partial charge in [0.15, 0.2) is 0 Å². The van der Waals surface area contributed by atoms with Crippen molar-refractivity contribution in [3.05, 3.63) is 52.5 Å². The van der Waals surface area contributed by atoms with E-state index in [9.17, 15) is 0 Å². The molecule has 0 saturated carbocycles. The summed E-state index contributed by atoms with van der Waals surface area (Å²) in [7, 11) is 0. The van der Waals surface area contributed by atoms with Crippen molar-refractivity contribution in [2.45, 2.75) is 31.2 Å². The topological polar surface area (TPSA) is 15.3 Å². The predicted molar refractivity (Wildman–Crippen MR) is 96.6 cm³/mol. The predicted octanol–water partition coefficient (Wildman–Crippen LogP) is 4.22. The molecule has 118 valence electrons. The van der Waals surface area contributed by atoms with Crippen LogP contribution in [0, 0.1) is 0 Å². The molecule has 0 aromatic heterocycles. The zero-order valence-corrected chi connectivity index (χ0v) is 13.9. The smallest absolute Gasteiger partial charge is 0.0438 e. The highest BCUT2D eigenvalue weighted by Crippen LogP contribution is 2.49. The van der Waals surface area contributed by atoms with Gasteiger partial charge < -0.3 is 10.2 Å². The number of hydrogen-bond donors (Lipinski definition) is 1. The molecule has 3 aliphatic heterocycles. The number of benzene rings is 2. The first kappa shape index (κ1) is 13.9. The van der Waals surface area contributed by atoms with Gasteiger partial charge in [0.1, 0.15) is 0 Å². The van der Waals surface area contributed by atoms with Gasteiger partial charge in [0, 0.05) is 35.8 Å². The van der Waals surface area contributed by atoms with Crippen molar-refractivity contribution < 1.29 is 0 Å². The van der Waals surface area contributed by atoms with Crippen molar-refractivity contribution in [3.8, 4) is 11.1 Å². The molecule has 2 aromatic carbocycles. The van der Waals surface area contributed by atoms with E-state index in [0.29, 0.717) is 12.0 Å². The van der Waals surface area contributed by atoms with Crippen LogP contribution in [-0.4, -0.2) is 25.7 Å². The average molecular weight is 325 g/mol. The van der Waals surface area contributed by atoms with Gasteiger partial charge >= 0.3 is 0 Å². The zero-order chi connectivity index (χ0) is 15.4. The number of piperidine rings is 1. The van der Waals surface area contributed by atoms with E-state index >= 15 is 0 Å². The molecule has 0 amide bonds. The molecule has 0 aliphatic carbocycles. The molecule has 1 saturated heterocycles. The van der Waals surface area contributed by atoms with E-state index in [-0.39, 0.29) is 0 Å². The van der Waals surface area contributed by atoms with Crippen LogP contribution in [0.4, 0.5) is 5.69 Å². The molecular formula is C20H21ClN2. The molecule has 0 bridgehead atoms. The molecule has 1 fully saturated rings. The number of nitrogens with zero attached hydrogens (tertiary/aromatic N) is 1. The summed E-state index contributed by atoms with van der Waals surface area (Å²) in [4.78, 5) is 2.71. The summed E-state index contributed by atoms with van der Waals surface area (Å²) in [5.74, 6) is 0.648. The monoisotopic (exact) mass is 324 g/mol. The van der Waals surface area contributed by atoms with Crippen molar-refractivity contribution in [1.82, 2.24) is 5.32 Å². The van der Waals surface area contributed by atoms with Crippen LogP contribution < -0.4 is 10.2 Å². The average Bonchev–Trinajstić information content (AvgIpc) is 2.91. The lowest BCUT2D eigenvalue weighted by atomic mass is 9.87. The Hall–Kier alpha value is -1.51. The molecular weight excluding hydrogens is 304 g/mol. The third-order valence-electron chi connectivity index (χ3n) is 5.75. The highest BCUT2D eigenvalue weighted by atomic mass is 35.5. The molecule has 3 heterocycles. The minimum absolute atomic E-state index is 0.648. The van der Waals surface area contributed by atoms with Gasteiger partial charge in [0.2, 0.25) is 0 Å². The first-order valence-corrected chi connectivity index (χ1v) is 9.09. The second-order valence-corrected chi connectivity index (χ2v) is 7.48. The summed E-state index contributed by atoms with van der Waals surface area (Å²) in [5, 5.41) is 4.42. The Morgan fingerprint density at radius 3 is 3.00 bits per heavy atom. The Balaban J connectivity index is 1.68. The first-order valence-electron chi connectivity index (χ1n) is 8.71. The molecule has 2 atom stereocenters. The van der Waals surface area contributed by atoms with Gasteiger partial charge in [-0.2, -0.15) is 0 Å². The molecule has 0 spiro atoms. The number of anilines is 1. The lowest BCUT2D eigenvalue weighted by Gasteiger charge is -2.36. The summed E-state index contributed by atoms with van der Waals surface area (Å²) in [6, 6.07) is 13.8. The van der Waals surface area contributed by atoms with Crippen molar-refractivity contribution in [2.75, 3.05) is 24.5 Å². The third-order valence-corrected chi connectivity index (χ3v) is 5.99. The van der Waals surface area contributed by atoms with E-state index in [1.54, 1.807) is 11.3 Å². The number of aryl methyl sites for hydroxylation is 1. The maximum atomic E-state index is 6.21. The van der Waals surface area contributed by atoms with Crippen LogP contribution >= 0.6 is 11.6 Å². The van der Waals surface area contributed by atoms with Crippen LogP contribution in [0.15, 0.2) is 36.4 Å². The molecule has 2 nitrogen and oxygen atoms in total. The van der Waals surface area contributed by atoms with Crippen LogP contribution in [0.2, 0.25) is 5.02 Å². The summed E-state index contributed by atoms with van der Waals surface area (Å²) in [6.07, 6.45) is 3.76. The van der Waals surface area contributed by atoms with E-state index in [4.69, 9.17) is 11.6 Å². The van der Waals surface area contributed by atoms with Gasteiger partial charge in [0.05, 0.1) is 0 Å². The van der Waals surface area contributed by atoms with E-state index in [2.05, 4.69) is 34.5 Å². The summed E-state index contributed by atoms with van der Waals surface area (Å²) < 4.78 is 0. The molecule has 3 heteroatoms. The number of nitrogens with one attached hydrogen (secondary N) is 1. The van der Waals surface area contributed by atoms with Crippen molar-refractivity contribution in [1.29, 1.82) is 0 Å². The standard InChI is InChI=1S/C20H21ClN2/c21-16-5-1-3-13(10-16)15-9-14-4-2-8-23-19-6-7-22-12-18(19)17(11-15)20(14)23/h1,3,5,9-11,18-19,22H,2,4,6-8,12H2/t18-,19-/m0/s1. The van der Waals surface area contributed by atoms with Crippen LogP contribution in [0.5, 0.6) is 0 Å². The largest absolute Gasteiger partial charge is 0.367 e. The number of halogens is 1. The summed E-state index contributed by atoms with van der Waals surface area (Å²) >= 11 is 6.21. The second-order valence-electron chi connectivity index (χ2n) is 7.05. The fourth-order valence-electron chi connectivity index (χ4n) is 4.80. The van der Waals surface area contributed by atoms with E-state index in [1.165, 1.54) is 42.5 Å². The normalized spacial score (nSPS) is 25.2. The van der Waals surface area contributed by atoms with Crippen LogP contribution in [0.1, 0.15) is 29.9 Å². The lowest BCUT2D eigenvalue weighted by Crippen LogP contribution is -2.45. The Morgan fingerprint density at radius 2 is 2.09 bits per heavy atom. The van der Waals surface area contributed by atoms with Gasteiger partial charge in [-0.3, -0.25) is 0 Å². The summed E-state index contributed by atoms with van der Waals surface area (Å²) in [5.41, 5.74) is 7.23. The minimum atomic E-state index is 0.648. The highest BCUT2D eigenvalue weighted by Gasteiger charge is 2.42. The van der Waals surface area contributed by atoms with Crippen LogP contribution in [0.3, 0.4) is 0 Å². The fourth-order valence-corrected chi connectivity index (χ4v) is 4.99. The quantitative estimate of drug-likeness (QED) is 0.845. The summed E-state index contributed by atoms with van der Waals surface area (Å²) in [6.45, 7) is 3.51. The van der Waals surface area contributed by atoms with Crippen molar-refractivity contribution in [2.24, 2.45) is 0 Å². The Bertz CT molecular complexity index is 770. The van der Waals surface area contributed by atoms with E-state index in [1.807, 2.05) is 12.1 Å². The Kier molecular flexibility index (Phi) is 3.17. The highest BCUT2D eigenvalue weighted by molar-refractivity contribution is 6.30. The van der Waals surface area contributed by atoms with Crippen LogP contribution in [-0.2, 0) is 6.42 Å². The molecule has 0 unspecified atom stereocenters. The van der Waals surface area contributed by atoms with Crippen molar-refractivity contribution in [3.63, 3.8) is 0 Å². The second kappa shape index (κ2) is 5.25. The molecule has 3 aliphatic rings. The van der Waals surface area contributed by atoms with Crippen molar-refractivity contribution >= 4 is 17.3 Å². The third kappa shape index (κ3) is 2.12. The number of rotatable bonds is 1. The van der Waals surface area contributed by atoms with Gasteiger partial charge in [-0.1, -0.05) is 23.7 Å². The number of fused-ring (bicyclic) bond motifs is 3. The van der Waals surface area contributed by atoms with E-state index in [0.717, 1.165) is 18.1 Å². The van der Waals surface area contributed by atoms with Gasteiger partial charge in [-0.05, 0) is 72.3 Å². The maximum absolute atomic E-state index is 6.21. The van der Waals surface area contributed by atoms with E-state index < -0.39 is 0 Å².